The number of thioether (sulfide) groups is 1. The molecule has 0 spiro atoms. The molecular formula is C15H23NS. The summed E-state index contributed by atoms with van der Waals surface area (Å²) in [5.41, 5.74) is 3.09. The van der Waals surface area contributed by atoms with Gasteiger partial charge < -0.3 is 5.32 Å². The van der Waals surface area contributed by atoms with Gasteiger partial charge >= 0.3 is 0 Å². The van der Waals surface area contributed by atoms with Crippen molar-refractivity contribution in [3.8, 4) is 0 Å². The fraction of sp³-hybridized carbons (Fsp3) is 0.600. The summed E-state index contributed by atoms with van der Waals surface area (Å²) in [5.74, 6) is 1.22. The van der Waals surface area contributed by atoms with Crippen LogP contribution in [-0.2, 0) is 6.42 Å². The number of aryl methyl sites for hydroxylation is 1. The quantitative estimate of drug-likeness (QED) is 0.852. The predicted molar refractivity (Wildman–Crippen MR) is 77.7 cm³/mol. The molecule has 2 atom stereocenters. The first-order chi connectivity index (χ1) is 8.36. The van der Waals surface area contributed by atoms with Gasteiger partial charge in [0, 0.05) is 11.3 Å². The lowest BCUT2D eigenvalue weighted by atomic mass is 9.87. The maximum atomic E-state index is 3.74. The minimum atomic E-state index is 0.560. The minimum absolute atomic E-state index is 0.560. The van der Waals surface area contributed by atoms with E-state index in [0.29, 0.717) is 6.04 Å². The van der Waals surface area contributed by atoms with Crippen LogP contribution in [0.4, 0.5) is 0 Å². The molecule has 0 bridgehead atoms. The molecule has 17 heavy (non-hydrogen) atoms. The van der Waals surface area contributed by atoms with Gasteiger partial charge in [-0.25, -0.2) is 0 Å². The van der Waals surface area contributed by atoms with E-state index in [-0.39, 0.29) is 0 Å². The van der Waals surface area contributed by atoms with Crippen molar-refractivity contribution in [2.75, 3.05) is 12.3 Å². The highest BCUT2D eigenvalue weighted by Crippen LogP contribution is 2.36. The molecule has 0 saturated heterocycles. The fourth-order valence-electron chi connectivity index (χ4n) is 2.66. The molecule has 2 heteroatoms. The van der Waals surface area contributed by atoms with Gasteiger partial charge in [-0.05, 0) is 42.7 Å². The van der Waals surface area contributed by atoms with E-state index in [1.807, 2.05) is 0 Å². The molecule has 0 heterocycles. The zero-order chi connectivity index (χ0) is 12.1. The van der Waals surface area contributed by atoms with Crippen LogP contribution in [0.25, 0.3) is 0 Å². The van der Waals surface area contributed by atoms with Crippen molar-refractivity contribution < 1.29 is 0 Å². The Morgan fingerprint density at radius 1 is 1.29 bits per heavy atom. The first-order valence-corrected chi connectivity index (χ1v) is 7.84. The van der Waals surface area contributed by atoms with Crippen LogP contribution >= 0.6 is 11.8 Å². The zero-order valence-electron chi connectivity index (χ0n) is 10.9. The van der Waals surface area contributed by atoms with Gasteiger partial charge in [0.25, 0.3) is 0 Å². The summed E-state index contributed by atoms with van der Waals surface area (Å²) < 4.78 is 0. The van der Waals surface area contributed by atoms with Gasteiger partial charge in [-0.15, -0.1) is 0 Å². The highest BCUT2D eigenvalue weighted by atomic mass is 32.2. The number of hydrogen-bond donors (Lipinski definition) is 1. The van der Waals surface area contributed by atoms with E-state index in [0.717, 1.165) is 11.8 Å². The first-order valence-electron chi connectivity index (χ1n) is 6.79. The Balaban J connectivity index is 2.19. The maximum Gasteiger partial charge on any atom is 0.0443 e. The molecule has 0 saturated carbocycles. The number of fused-ring (bicyclic) bond motifs is 1. The monoisotopic (exact) mass is 249 g/mol. The molecule has 0 radical (unpaired) electrons. The molecular weight excluding hydrogens is 226 g/mol. The van der Waals surface area contributed by atoms with Crippen LogP contribution in [-0.4, -0.2) is 17.5 Å². The van der Waals surface area contributed by atoms with Gasteiger partial charge in [-0.2, -0.15) is 11.8 Å². The molecule has 1 nitrogen and oxygen atoms in total. The number of rotatable bonds is 5. The Kier molecular flexibility index (Phi) is 4.93. The Bertz CT molecular complexity index is 351. The second kappa shape index (κ2) is 6.46. The van der Waals surface area contributed by atoms with Crippen LogP contribution in [0.1, 0.15) is 43.9 Å². The van der Waals surface area contributed by atoms with Crippen molar-refractivity contribution >= 4 is 11.8 Å². The molecule has 2 rings (SSSR count). The summed E-state index contributed by atoms with van der Waals surface area (Å²) in [6.45, 7) is 5.63. The molecule has 1 aliphatic rings. The SMILES string of the molecule is CCCNC1c2ccccc2CCC1SCC. The largest absolute Gasteiger partial charge is 0.309 e. The van der Waals surface area contributed by atoms with Gasteiger partial charge in [0.05, 0.1) is 0 Å². The molecule has 94 valence electrons. The van der Waals surface area contributed by atoms with Gasteiger partial charge in [-0.1, -0.05) is 38.1 Å². The number of hydrogen-bond acceptors (Lipinski definition) is 2. The third-order valence-electron chi connectivity index (χ3n) is 3.46. The lowest BCUT2D eigenvalue weighted by molar-refractivity contribution is 0.472. The molecule has 2 unspecified atom stereocenters. The number of benzene rings is 1. The smallest absolute Gasteiger partial charge is 0.0443 e. The standard InChI is InChI=1S/C15H23NS/c1-3-11-16-15-13-8-6-5-7-12(13)9-10-14(15)17-4-2/h5-8,14-16H,3-4,9-11H2,1-2H3. The van der Waals surface area contributed by atoms with E-state index in [2.05, 4.69) is 55.2 Å². The molecule has 1 aromatic carbocycles. The van der Waals surface area contributed by atoms with E-state index in [4.69, 9.17) is 0 Å². The van der Waals surface area contributed by atoms with Crippen LogP contribution < -0.4 is 5.32 Å². The Hall–Kier alpha value is -0.470. The van der Waals surface area contributed by atoms with Gasteiger partial charge in [0.2, 0.25) is 0 Å². The second-order valence-electron chi connectivity index (χ2n) is 4.66. The van der Waals surface area contributed by atoms with Crippen molar-refractivity contribution in [3.63, 3.8) is 0 Å². The second-order valence-corrected chi connectivity index (χ2v) is 6.18. The van der Waals surface area contributed by atoms with E-state index >= 15 is 0 Å². The highest BCUT2D eigenvalue weighted by Gasteiger charge is 2.28. The number of nitrogens with one attached hydrogen (secondary N) is 1. The topological polar surface area (TPSA) is 12.0 Å². The Morgan fingerprint density at radius 2 is 2.12 bits per heavy atom. The van der Waals surface area contributed by atoms with E-state index in [1.165, 1.54) is 30.6 Å². The van der Waals surface area contributed by atoms with Crippen molar-refractivity contribution in [2.45, 2.75) is 44.4 Å². The third kappa shape index (κ3) is 3.05. The fourth-order valence-corrected chi connectivity index (χ4v) is 3.81. The van der Waals surface area contributed by atoms with Crippen LogP contribution in [0, 0.1) is 0 Å². The first kappa shape index (κ1) is 13.0. The summed E-state index contributed by atoms with van der Waals surface area (Å²) in [5, 5.41) is 4.49. The van der Waals surface area contributed by atoms with E-state index in [9.17, 15) is 0 Å². The van der Waals surface area contributed by atoms with E-state index in [1.54, 1.807) is 5.56 Å². The summed E-state index contributed by atoms with van der Waals surface area (Å²) in [7, 11) is 0. The van der Waals surface area contributed by atoms with Crippen molar-refractivity contribution in [1.29, 1.82) is 0 Å². The average molecular weight is 249 g/mol. The van der Waals surface area contributed by atoms with Crippen molar-refractivity contribution in [3.05, 3.63) is 35.4 Å². The molecule has 1 aromatic rings. The van der Waals surface area contributed by atoms with Crippen LogP contribution in [0.3, 0.4) is 0 Å². The molecule has 0 fully saturated rings. The van der Waals surface area contributed by atoms with Gasteiger partial charge in [-0.3, -0.25) is 0 Å². The van der Waals surface area contributed by atoms with Crippen LogP contribution in [0.2, 0.25) is 0 Å². The lowest BCUT2D eigenvalue weighted by Gasteiger charge is -2.34. The normalized spacial score (nSPS) is 23.4. The van der Waals surface area contributed by atoms with Crippen molar-refractivity contribution in [1.82, 2.24) is 5.32 Å². The van der Waals surface area contributed by atoms with Crippen LogP contribution in [0.15, 0.2) is 24.3 Å². The zero-order valence-corrected chi connectivity index (χ0v) is 11.7. The summed E-state index contributed by atoms with van der Waals surface area (Å²) in [6, 6.07) is 9.51. The van der Waals surface area contributed by atoms with Crippen molar-refractivity contribution in [2.24, 2.45) is 0 Å². The summed E-state index contributed by atoms with van der Waals surface area (Å²) >= 11 is 2.11. The highest BCUT2D eigenvalue weighted by molar-refractivity contribution is 7.99. The predicted octanol–water partition coefficient (Wildman–Crippen LogP) is 3.80. The van der Waals surface area contributed by atoms with Gasteiger partial charge in [0.1, 0.15) is 0 Å². The van der Waals surface area contributed by atoms with Gasteiger partial charge in [0.15, 0.2) is 0 Å². The Labute approximate surface area is 109 Å². The third-order valence-corrected chi connectivity index (χ3v) is 4.72. The minimum Gasteiger partial charge on any atom is -0.309 e. The maximum absolute atomic E-state index is 3.74. The molecule has 0 aliphatic heterocycles. The molecule has 1 aliphatic carbocycles. The average Bonchev–Trinajstić information content (AvgIpc) is 2.37. The molecule has 1 N–H and O–H groups in total. The summed E-state index contributed by atoms with van der Waals surface area (Å²) in [6.07, 6.45) is 3.78. The lowest BCUT2D eigenvalue weighted by Crippen LogP contribution is -2.34. The van der Waals surface area contributed by atoms with E-state index < -0.39 is 0 Å². The molecule has 0 aromatic heterocycles. The Morgan fingerprint density at radius 3 is 2.88 bits per heavy atom. The molecule has 0 amide bonds. The van der Waals surface area contributed by atoms with Crippen LogP contribution in [0.5, 0.6) is 0 Å². The summed E-state index contributed by atoms with van der Waals surface area (Å²) in [4.78, 5) is 0.